The van der Waals surface area contributed by atoms with Crippen molar-refractivity contribution in [2.24, 2.45) is 5.92 Å². The van der Waals surface area contributed by atoms with Crippen LogP contribution >= 0.6 is 0 Å². The number of rotatable bonds is 3. The molecule has 0 aromatic heterocycles. The van der Waals surface area contributed by atoms with Gasteiger partial charge in [-0.1, -0.05) is 32.1 Å². The molecule has 0 aromatic carbocycles. The van der Waals surface area contributed by atoms with Gasteiger partial charge in [0.2, 0.25) is 0 Å². The van der Waals surface area contributed by atoms with Crippen molar-refractivity contribution in [3.05, 3.63) is 0 Å². The highest BCUT2D eigenvalue weighted by Gasteiger charge is 2.14. The van der Waals surface area contributed by atoms with Crippen LogP contribution in [-0.2, 0) is 0 Å². The Morgan fingerprint density at radius 2 is 2.00 bits per heavy atom. The van der Waals surface area contributed by atoms with Gasteiger partial charge in [-0.3, -0.25) is 0 Å². The fourth-order valence-corrected chi connectivity index (χ4v) is 1.93. The molecule has 0 saturated heterocycles. The molecular weight excluding hydrogens is 150 g/mol. The zero-order valence-electron chi connectivity index (χ0n) is 7.50. The Bertz CT molecular complexity index is 156. The van der Waals surface area contributed by atoms with Crippen LogP contribution in [0.4, 0.5) is 0 Å². The lowest BCUT2D eigenvalue weighted by atomic mass is 9.85. The molecule has 1 fully saturated rings. The van der Waals surface area contributed by atoms with E-state index in [9.17, 15) is 0 Å². The summed E-state index contributed by atoms with van der Waals surface area (Å²) >= 11 is 0. The average molecular weight is 167 g/mol. The van der Waals surface area contributed by atoms with E-state index in [1.54, 1.807) is 0 Å². The average Bonchev–Trinajstić information content (AvgIpc) is 2.16. The summed E-state index contributed by atoms with van der Waals surface area (Å²) in [4.78, 5) is 0. The van der Waals surface area contributed by atoms with Gasteiger partial charge in [0, 0.05) is 0 Å². The van der Waals surface area contributed by atoms with Gasteiger partial charge in [-0.2, -0.15) is 5.26 Å². The number of nitriles is 1. The molecule has 0 aromatic rings. The van der Waals surface area contributed by atoms with Gasteiger partial charge in [-0.25, -0.2) is 0 Å². The van der Waals surface area contributed by atoms with Crippen molar-refractivity contribution < 1.29 is 5.11 Å². The monoisotopic (exact) mass is 167 g/mol. The summed E-state index contributed by atoms with van der Waals surface area (Å²) in [6.45, 7) is 0. The summed E-state index contributed by atoms with van der Waals surface area (Å²) in [7, 11) is 0. The third-order valence-corrected chi connectivity index (χ3v) is 2.72. The number of hydrogen-bond donors (Lipinski definition) is 1. The molecule has 12 heavy (non-hydrogen) atoms. The third kappa shape index (κ3) is 3.23. The largest absolute Gasteiger partial charge is 0.378 e. The van der Waals surface area contributed by atoms with Gasteiger partial charge in [0.05, 0.1) is 6.07 Å². The van der Waals surface area contributed by atoms with E-state index in [0.29, 0.717) is 6.42 Å². The van der Waals surface area contributed by atoms with Crippen LogP contribution in [0.25, 0.3) is 0 Å². The van der Waals surface area contributed by atoms with Crippen molar-refractivity contribution >= 4 is 0 Å². The zero-order chi connectivity index (χ0) is 8.81. The van der Waals surface area contributed by atoms with Crippen LogP contribution in [-0.4, -0.2) is 11.2 Å². The molecule has 0 aliphatic heterocycles. The lowest BCUT2D eigenvalue weighted by Crippen LogP contribution is -2.10. The highest BCUT2D eigenvalue weighted by molar-refractivity contribution is 4.82. The lowest BCUT2D eigenvalue weighted by molar-refractivity contribution is 0.198. The molecule has 1 saturated carbocycles. The molecule has 1 atom stereocenters. The van der Waals surface area contributed by atoms with Gasteiger partial charge >= 0.3 is 0 Å². The van der Waals surface area contributed by atoms with E-state index in [0.717, 1.165) is 12.3 Å². The Balaban J connectivity index is 2.10. The molecule has 2 heteroatoms. The van der Waals surface area contributed by atoms with E-state index < -0.39 is 6.10 Å². The summed E-state index contributed by atoms with van der Waals surface area (Å²) in [6.07, 6.45) is 7.64. The maximum absolute atomic E-state index is 9.03. The van der Waals surface area contributed by atoms with Crippen LogP contribution in [0.15, 0.2) is 0 Å². The first kappa shape index (κ1) is 9.54. The smallest absolute Gasteiger partial charge is 0.140 e. The van der Waals surface area contributed by atoms with Gasteiger partial charge < -0.3 is 5.11 Å². The predicted octanol–water partition coefficient (Wildman–Crippen LogP) is 2.23. The van der Waals surface area contributed by atoms with Gasteiger partial charge in [-0.15, -0.1) is 0 Å². The maximum atomic E-state index is 9.03. The molecule has 0 bridgehead atoms. The topological polar surface area (TPSA) is 44.0 Å². The van der Waals surface area contributed by atoms with Gasteiger partial charge in [0.15, 0.2) is 0 Å². The first-order valence-corrected chi connectivity index (χ1v) is 4.90. The summed E-state index contributed by atoms with van der Waals surface area (Å²) in [5, 5.41) is 17.4. The van der Waals surface area contributed by atoms with Crippen LogP contribution in [0.2, 0.25) is 0 Å². The van der Waals surface area contributed by atoms with Crippen molar-refractivity contribution in [2.75, 3.05) is 0 Å². The zero-order valence-corrected chi connectivity index (χ0v) is 7.50. The molecule has 0 spiro atoms. The number of aliphatic hydroxyl groups excluding tert-OH is 1. The summed E-state index contributed by atoms with van der Waals surface area (Å²) in [5.41, 5.74) is 0. The molecule has 1 rings (SSSR count). The number of aliphatic hydroxyl groups is 1. The van der Waals surface area contributed by atoms with Crippen molar-refractivity contribution in [1.82, 2.24) is 0 Å². The normalized spacial score (nSPS) is 21.7. The maximum Gasteiger partial charge on any atom is 0.140 e. The minimum atomic E-state index is -0.730. The second-order valence-corrected chi connectivity index (χ2v) is 3.73. The Morgan fingerprint density at radius 1 is 1.33 bits per heavy atom. The Hall–Kier alpha value is -0.550. The van der Waals surface area contributed by atoms with E-state index in [1.807, 2.05) is 6.07 Å². The predicted molar refractivity (Wildman–Crippen MR) is 47.4 cm³/mol. The van der Waals surface area contributed by atoms with E-state index in [4.69, 9.17) is 10.4 Å². The van der Waals surface area contributed by atoms with Crippen molar-refractivity contribution in [2.45, 2.75) is 51.0 Å². The van der Waals surface area contributed by atoms with E-state index >= 15 is 0 Å². The Labute approximate surface area is 74.2 Å². The summed E-state index contributed by atoms with van der Waals surface area (Å²) in [6, 6.07) is 1.86. The van der Waals surface area contributed by atoms with Crippen LogP contribution in [0.3, 0.4) is 0 Å². The lowest BCUT2D eigenvalue weighted by Gasteiger charge is -2.21. The van der Waals surface area contributed by atoms with E-state index in [1.165, 1.54) is 32.1 Å². The fraction of sp³-hybridized carbons (Fsp3) is 0.900. The minimum absolute atomic E-state index is 0.668. The van der Waals surface area contributed by atoms with Crippen molar-refractivity contribution in [3.8, 4) is 6.07 Å². The molecule has 0 unspecified atom stereocenters. The highest BCUT2D eigenvalue weighted by Crippen LogP contribution is 2.27. The molecule has 1 N–H and O–H groups in total. The highest BCUT2D eigenvalue weighted by atomic mass is 16.3. The number of nitrogens with zero attached hydrogens (tertiary/aromatic N) is 1. The van der Waals surface area contributed by atoms with Gasteiger partial charge in [0.1, 0.15) is 6.10 Å². The molecule has 2 nitrogen and oxygen atoms in total. The second-order valence-electron chi connectivity index (χ2n) is 3.73. The van der Waals surface area contributed by atoms with E-state index in [-0.39, 0.29) is 0 Å². The summed E-state index contributed by atoms with van der Waals surface area (Å²) in [5.74, 6) is 0.779. The molecule has 0 radical (unpaired) electrons. The minimum Gasteiger partial charge on any atom is -0.378 e. The fourth-order valence-electron chi connectivity index (χ4n) is 1.93. The van der Waals surface area contributed by atoms with Gasteiger partial charge in [-0.05, 0) is 18.8 Å². The van der Waals surface area contributed by atoms with Crippen LogP contribution in [0, 0.1) is 17.2 Å². The van der Waals surface area contributed by atoms with Crippen molar-refractivity contribution in [1.29, 1.82) is 5.26 Å². The van der Waals surface area contributed by atoms with Crippen LogP contribution in [0.5, 0.6) is 0 Å². The van der Waals surface area contributed by atoms with Gasteiger partial charge in [0.25, 0.3) is 0 Å². The standard InChI is InChI=1S/C10H17NO/c11-8-10(12)7-6-9-4-2-1-3-5-9/h9-10,12H,1-7H2/t10-/m1/s1. The van der Waals surface area contributed by atoms with Crippen LogP contribution < -0.4 is 0 Å². The summed E-state index contributed by atoms with van der Waals surface area (Å²) < 4.78 is 0. The molecule has 68 valence electrons. The number of hydrogen-bond acceptors (Lipinski definition) is 2. The SMILES string of the molecule is N#C[C@H](O)CCC1CCCCC1. The molecular formula is C10H17NO. The van der Waals surface area contributed by atoms with Crippen molar-refractivity contribution in [3.63, 3.8) is 0 Å². The Kier molecular flexibility index (Phi) is 4.10. The quantitative estimate of drug-likeness (QED) is 0.655. The molecule has 1 aliphatic carbocycles. The first-order valence-electron chi connectivity index (χ1n) is 4.90. The molecule has 0 heterocycles. The second kappa shape index (κ2) is 5.16. The van der Waals surface area contributed by atoms with Crippen LogP contribution in [0.1, 0.15) is 44.9 Å². The first-order chi connectivity index (χ1) is 5.83. The molecule has 1 aliphatic rings. The molecule has 0 amide bonds. The Morgan fingerprint density at radius 3 is 2.58 bits per heavy atom. The third-order valence-electron chi connectivity index (χ3n) is 2.72. The van der Waals surface area contributed by atoms with E-state index in [2.05, 4.69) is 0 Å².